The minimum Gasteiger partial charge on any atom is -0.393 e. The zero-order valence-corrected chi connectivity index (χ0v) is 6.86. The summed E-state index contributed by atoms with van der Waals surface area (Å²) >= 11 is 0. The smallest absolute Gasteiger partial charge is 0.318 e. The number of ether oxygens (including phenoxy) is 1. The standard InChI is InChI=1S/C9H8O4/c10-5-2-3-1-4(5)7-6(3)8(11)13-9(7)12/h3-4,6-7H,1-2H2. The molecule has 2 aliphatic carbocycles. The van der Waals surface area contributed by atoms with Crippen molar-refractivity contribution in [2.45, 2.75) is 12.8 Å². The minimum atomic E-state index is -0.476. The van der Waals surface area contributed by atoms with E-state index in [2.05, 4.69) is 4.74 Å². The molecule has 2 saturated carbocycles. The third-order valence-corrected chi connectivity index (χ3v) is 3.51. The Kier molecular flexibility index (Phi) is 1.11. The van der Waals surface area contributed by atoms with Gasteiger partial charge in [-0.3, -0.25) is 14.4 Å². The first-order valence-corrected chi connectivity index (χ1v) is 4.46. The molecule has 0 aromatic rings. The third kappa shape index (κ3) is 0.692. The van der Waals surface area contributed by atoms with Crippen LogP contribution < -0.4 is 0 Å². The molecule has 3 fully saturated rings. The number of ketones is 1. The molecule has 0 spiro atoms. The van der Waals surface area contributed by atoms with Crippen LogP contribution in [0.2, 0.25) is 0 Å². The average molecular weight is 180 g/mol. The molecule has 3 rings (SSSR count). The molecule has 2 bridgehead atoms. The van der Waals surface area contributed by atoms with E-state index in [1.165, 1.54) is 0 Å². The lowest BCUT2D eigenvalue weighted by Gasteiger charge is -2.16. The van der Waals surface area contributed by atoms with Crippen molar-refractivity contribution in [3.63, 3.8) is 0 Å². The molecule has 3 aliphatic rings. The highest BCUT2D eigenvalue weighted by molar-refractivity contribution is 6.03. The Morgan fingerprint density at radius 1 is 1.08 bits per heavy atom. The normalized spacial score (nSPS) is 46.9. The van der Waals surface area contributed by atoms with Crippen LogP contribution in [-0.2, 0) is 19.1 Å². The van der Waals surface area contributed by atoms with Gasteiger partial charge in [0.1, 0.15) is 5.78 Å². The Morgan fingerprint density at radius 2 is 1.77 bits per heavy atom. The topological polar surface area (TPSA) is 60.4 Å². The number of Topliss-reactive ketones (excluding diaryl/α,β-unsaturated/α-hetero) is 1. The Labute approximate surface area is 74.2 Å². The van der Waals surface area contributed by atoms with Gasteiger partial charge in [0.05, 0.1) is 11.8 Å². The van der Waals surface area contributed by atoms with Gasteiger partial charge in [0, 0.05) is 12.3 Å². The molecular formula is C9H8O4. The van der Waals surface area contributed by atoms with Crippen LogP contribution in [0.15, 0.2) is 0 Å². The van der Waals surface area contributed by atoms with Crippen molar-refractivity contribution < 1.29 is 19.1 Å². The van der Waals surface area contributed by atoms with Gasteiger partial charge in [-0.25, -0.2) is 0 Å². The number of esters is 2. The van der Waals surface area contributed by atoms with E-state index in [9.17, 15) is 14.4 Å². The second-order valence-electron chi connectivity index (χ2n) is 4.06. The molecule has 4 atom stereocenters. The highest BCUT2D eigenvalue weighted by atomic mass is 16.6. The maximum atomic E-state index is 11.3. The molecule has 0 N–H and O–H groups in total. The van der Waals surface area contributed by atoms with Crippen molar-refractivity contribution in [1.29, 1.82) is 0 Å². The summed E-state index contributed by atoms with van der Waals surface area (Å²) in [5.74, 6) is -1.60. The summed E-state index contributed by atoms with van der Waals surface area (Å²) in [5.41, 5.74) is 0. The number of hydrogen-bond acceptors (Lipinski definition) is 4. The average Bonchev–Trinajstić information content (AvgIpc) is 2.64. The molecule has 1 saturated heterocycles. The predicted octanol–water partition coefficient (Wildman–Crippen LogP) is -0.0889. The van der Waals surface area contributed by atoms with E-state index >= 15 is 0 Å². The minimum absolute atomic E-state index is 0.0847. The molecule has 68 valence electrons. The van der Waals surface area contributed by atoms with Crippen LogP contribution in [0.25, 0.3) is 0 Å². The van der Waals surface area contributed by atoms with Gasteiger partial charge in [-0.05, 0) is 12.3 Å². The lowest BCUT2D eigenvalue weighted by Crippen LogP contribution is -2.30. The Hall–Kier alpha value is -1.19. The summed E-state index contributed by atoms with van der Waals surface area (Å²) in [7, 11) is 0. The van der Waals surface area contributed by atoms with Crippen molar-refractivity contribution in [3.05, 3.63) is 0 Å². The summed E-state index contributed by atoms with van der Waals surface area (Å²) in [6.45, 7) is 0. The third-order valence-electron chi connectivity index (χ3n) is 3.51. The summed E-state index contributed by atoms with van der Waals surface area (Å²) in [4.78, 5) is 33.7. The molecule has 13 heavy (non-hydrogen) atoms. The molecule has 0 aromatic carbocycles. The van der Waals surface area contributed by atoms with Crippen molar-refractivity contribution in [2.75, 3.05) is 0 Å². The van der Waals surface area contributed by atoms with Gasteiger partial charge in [-0.1, -0.05) is 0 Å². The predicted molar refractivity (Wildman–Crippen MR) is 39.3 cm³/mol. The van der Waals surface area contributed by atoms with E-state index in [0.29, 0.717) is 6.42 Å². The van der Waals surface area contributed by atoms with Gasteiger partial charge in [0.2, 0.25) is 0 Å². The number of hydrogen-bond donors (Lipinski definition) is 0. The van der Waals surface area contributed by atoms with Crippen LogP contribution in [0.5, 0.6) is 0 Å². The van der Waals surface area contributed by atoms with Crippen molar-refractivity contribution >= 4 is 17.7 Å². The summed E-state index contributed by atoms with van der Waals surface area (Å²) < 4.78 is 4.53. The van der Waals surface area contributed by atoms with Gasteiger partial charge in [0.25, 0.3) is 0 Å². The molecule has 0 radical (unpaired) electrons. The van der Waals surface area contributed by atoms with Crippen LogP contribution in [0.3, 0.4) is 0 Å². The fraction of sp³-hybridized carbons (Fsp3) is 0.667. The summed E-state index contributed by atoms with van der Waals surface area (Å²) in [6, 6.07) is 0. The fourth-order valence-corrected chi connectivity index (χ4v) is 3.00. The number of carbonyl (C=O) groups is 3. The highest BCUT2D eigenvalue weighted by Crippen LogP contribution is 2.53. The number of fused-ring (bicyclic) bond motifs is 5. The molecule has 0 amide bonds. The largest absolute Gasteiger partial charge is 0.393 e. The number of carbonyl (C=O) groups excluding carboxylic acids is 3. The molecule has 1 heterocycles. The van der Waals surface area contributed by atoms with Gasteiger partial charge in [-0.2, -0.15) is 0 Å². The molecule has 0 aromatic heterocycles. The maximum absolute atomic E-state index is 11.3. The molecule has 4 nitrogen and oxygen atoms in total. The first kappa shape index (κ1) is 7.24. The summed E-state index contributed by atoms with van der Waals surface area (Å²) in [5, 5.41) is 0. The second-order valence-corrected chi connectivity index (χ2v) is 4.06. The van der Waals surface area contributed by atoms with E-state index in [0.717, 1.165) is 6.42 Å². The van der Waals surface area contributed by atoms with Crippen molar-refractivity contribution in [2.24, 2.45) is 23.7 Å². The zero-order chi connectivity index (χ0) is 9.16. The van der Waals surface area contributed by atoms with Gasteiger partial charge in [0.15, 0.2) is 0 Å². The quantitative estimate of drug-likeness (QED) is 0.386. The van der Waals surface area contributed by atoms with Crippen LogP contribution >= 0.6 is 0 Å². The van der Waals surface area contributed by atoms with Crippen molar-refractivity contribution in [3.8, 4) is 0 Å². The summed E-state index contributed by atoms with van der Waals surface area (Å²) in [6.07, 6.45) is 1.18. The van der Waals surface area contributed by atoms with E-state index in [1.54, 1.807) is 0 Å². The number of rotatable bonds is 0. The van der Waals surface area contributed by atoms with E-state index in [-0.39, 0.29) is 23.5 Å². The lowest BCUT2D eigenvalue weighted by molar-refractivity contribution is -0.155. The fourth-order valence-electron chi connectivity index (χ4n) is 3.00. The van der Waals surface area contributed by atoms with E-state index in [4.69, 9.17) is 0 Å². The molecule has 4 heteroatoms. The van der Waals surface area contributed by atoms with Gasteiger partial charge >= 0.3 is 11.9 Å². The van der Waals surface area contributed by atoms with Gasteiger partial charge < -0.3 is 4.74 Å². The monoisotopic (exact) mass is 180 g/mol. The van der Waals surface area contributed by atoms with Crippen molar-refractivity contribution in [1.82, 2.24) is 0 Å². The zero-order valence-electron chi connectivity index (χ0n) is 6.86. The lowest BCUT2D eigenvalue weighted by atomic mass is 9.80. The van der Waals surface area contributed by atoms with Crippen LogP contribution in [0, 0.1) is 23.7 Å². The maximum Gasteiger partial charge on any atom is 0.318 e. The number of cyclic esters (lactones) is 2. The molecular weight excluding hydrogens is 172 g/mol. The van der Waals surface area contributed by atoms with Crippen LogP contribution in [0.4, 0.5) is 0 Å². The van der Waals surface area contributed by atoms with Crippen LogP contribution in [0.1, 0.15) is 12.8 Å². The first-order chi connectivity index (χ1) is 6.18. The Bertz CT molecular complexity index is 333. The van der Waals surface area contributed by atoms with E-state index < -0.39 is 17.9 Å². The van der Waals surface area contributed by atoms with Crippen LogP contribution in [-0.4, -0.2) is 17.7 Å². The SMILES string of the molecule is O=C1CC2CC1C1C(=O)OC(=O)C21. The highest BCUT2D eigenvalue weighted by Gasteiger charge is 2.62. The Balaban J connectivity index is 2.05. The van der Waals surface area contributed by atoms with E-state index in [1.807, 2.05) is 0 Å². The van der Waals surface area contributed by atoms with Gasteiger partial charge in [-0.15, -0.1) is 0 Å². The molecule has 1 aliphatic heterocycles. The molecule has 4 unspecified atom stereocenters. The Morgan fingerprint density at radius 3 is 2.54 bits per heavy atom. The first-order valence-electron chi connectivity index (χ1n) is 4.46. The second kappa shape index (κ2) is 2.00.